The number of aliphatic hydroxyl groups excluding tert-OH is 1. The van der Waals surface area contributed by atoms with Crippen LogP contribution in [-0.2, 0) is 9.59 Å². The summed E-state index contributed by atoms with van der Waals surface area (Å²) in [5, 5.41) is 20.9. The molecule has 0 bridgehead atoms. The molecule has 1 aliphatic heterocycles. The van der Waals surface area contributed by atoms with Crippen molar-refractivity contribution in [3.05, 3.63) is 65.2 Å². The van der Waals surface area contributed by atoms with Gasteiger partial charge in [-0.05, 0) is 61.5 Å². The number of phenolic OH excluding ortho intramolecular Hbond substituents is 1. The maximum absolute atomic E-state index is 13.1. The topological polar surface area (TPSA) is 90.3 Å². The van der Waals surface area contributed by atoms with Gasteiger partial charge >= 0.3 is 0 Å². The van der Waals surface area contributed by atoms with E-state index < -0.39 is 17.7 Å². The van der Waals surface area contributed by atoms with Gasteiger partial charge in [-0.1, -0.05) is 39.3 Å². The second kappa shape index (κ2) is 11.7. The molecular weight excluding hydrogens is 432 g/mol. The molecule has 0 aromatic heterocycles. The SMILES string of the molecule is CCCCOc1ccc(/C(O)=C2/C(=O)C(=O)N(CCN(CC)CC)C2c2ccc(O)cc2)cc1. The van der Waals surface area contributed by atoms with Crippen LogP contribution in [0.25, 0.3) is 5.76 Å². The number of aromatic hydroxyl groups is 1. The van der Waals surface area contributed by atoms with E-state index in [9.17, 15) is 19.8 Å². The van der Waals surface area contributed by atoms with Crippen LogP contribution in [0.4, 0.5) is 0 Å². The summed E-state index contributed by atoms with van der Waals surface area (Å²) in [6, 6.07) is 12.5. The summed E-state index contributed by atoms with van der Waals surface area (Å²) in [6.07, 6.45) is 1.98. The van der Waals surface area contributed by atoms with Gasteiger partial charge in [0.25, 0.3) is 11.7 Å². The number of hydrogen-bond acceptors (Lipinski definition) is 6. The smallest absolute Gasteiger partial charge is 0.295 e. The lowest BCUT2D eigenvalue weighted by atomic mass is 9.95. The van der Waals surface area contributed by atoms with E-state index >= 15 is 0 Å². The first-order valence-corrected chi connectivity index (χ1v) is 11.9. The number of carbonyl (C=O) groups excluding carboxylic acids is 2. The molecule has 34 heavy (non-hydrogen) atoms. The maximum atomic E-state index is 13.1. The van der Waals surface area contributed by atoms with Crippen molar-refractivity contribution in [1.82, 2.24) is 9.80 Å². The van der Waals surface area contributed by atoms with Crippen LogP contribution in [0.3, 0.4) is 0 Å². The van der Waals surface area contributed by atoms with E-state index in [1.165, 1.54) is 17.0 Å². The van der Waals surface area contributed by atoms with Crippen molar-refractivity contribution in [2.24, 2.45) is 0 Å². The number of ether oxygens (including phenoxy) is 1. The largest absolute Gasteiger partial charge is 0.508 e. The van der Waals surface area contributed by atoms with E-state index in [-0.39, 0.29) is 17.1 Å². The standard InChI is InChI=1S/C27H34N2O5/c1-4-7-18-34-22-14-10-20(11-15-22)25(31)23-24(19-8-12-21(30)13-9-19)29(27(33)26(23)32)17-16-28(5-2)6-3/h8-15,24,30-31H,4-7,16-18H2,1-3H3/b25-23-. The number of unbranched alkanes of at least 4 members (excludes halogenated alkanes) is 1. The second-order valence-corrected chi connectivity index (χ2v) is 8.34. The Morgan fingerprint density at radius 1 is 1.00 bits per heavy atom. The molecule has 1 unspecified atom stereocenters. The Kier molecular flexibility index (Phi) is 8.71. The molecule has 0 spiro atoms. The minimum absolute atomic E-state index is 0.0508. The molecule has 1 aliphatic rings. The first kappa shape index (κ1) is 25.3. The van der Waals surface area contributed by atoms with Gasteiger partial charge in [-0.2, -0.15) is 0 Å². The zero-order valence-corrected chi connectivity index (χ0v) is 20.2. The number of carbonyl (C=O) groups is 2. The van der Waals surface area contributed by atoms with Crippen LogP contribution < -0.4 is 4.74 Å². The summed E-state index contributed by atoms with van der Waals surface area (Å²) in [4.78, 5) is 29.8. The number of Topliss-reactive ketones (excluding diaryl/α,β-unsaturated/α-hetero) is 1. The summed E-state index contributed by atoms with van der Waals surface area (Å²) in [5.41, 5.74) is 1.14. The Bertz CT molecular complexity index is 1010. The third kappa shape index (κ3) is 5.59. The first-order chi connectivity index (χ1) is 16.4. The number of aliphatic hydroxyl groups is 1. The summed E-state index contributed by atoms with van der Waals surface area (Å²) in [5.74, 6) is -0.797. The van der Waals surface area contributed by atoms with Gasteiger partial charge in [0.15, 0.2) is 0 Å². The summed E-state index contributed by atoms with van der Waals surface area (Å²) < 4.78 is 5.68. The molecule has 0 aliphatic carbocycles. The third-order valence-corrected chi connectivity index (χ3v) is 6.19. The quantitative estimate of drug-likeness (QED) is 0.222. The molecule has 2 aromatic rings. The summed E-state index contributed by atoms with van der Waals surface area (Å²) >= 11 is 0. The van der Waals surface area contributed by atoms with Gasteiger partial charge in [0, 0.05) is 18.7 Å². The fourth-order valence-corrected chi connectivity index (χ4v) is 4.10. The van der Waals surface area contributed by atoms with Crippen LogP contribution in [0, 0.1) is 0 Å². The molecule has 0 radical (unpaired) electrons. The van der Waals surface area contributed by atoms with E-state index in [4.69, 9.17) is 4.74 Å². The number of likely N-dealkylation sites (tertiary alicyclic amines) is 1. The molecule has 2 N–H and O–H groups in total. The zero-order valence-electron chi connectivity index (χ0n) is 20.2. The number of rotatable bonds is 11. The predicted molar refractivity (Wildman–Crippen MR) is 132 cm³/mol. The van der Waals surface area contributed by atoms with E-state index in [1.54, 1.807) is 36.4 Å². The molecule has 1 fully saturated rings. The highest BCUT2D eigenvalue weighted by Crippen LogP contribution is 2.39. The van der Waals surface area contributed by atoms with Crippen LogP contribution in [0.1, 0.15) is 50.8 Å². The fraction of sp³-hybridized carbons (Fsp3) is 0.407. The molecule has 1 saturated heterocycles. The van der Waals surface area contributed by atoms with E-state index in [2.05, 4.69) is 11.8 Å². The number of benzene rings is 2. The highest BCUT2D eigenvalue weighted by molar-refractivity contribution is 6.46. The van der Waals surface area contributed by atoms with Crippen LogP contribution >= 0.6 is 0 Å². The Hall–Kier alpha value is -3.32. The predicted octanol–water partition coefficient (Wildman–Crippen LogP) is 4.33. The van der Waals surface area contributed by atoms with Gasteiger partial charge in [-0.3, -0.25) is 9.59 Å². The first-order valence-electron chi connectivity index (χ1n) is 11.9. The second-order valence-electron chi connectivity index (χ2n) is 8.34. The Morgan fingerprint density at radius 2 is 1.65 bits per heavy atom. The van der Waals surface area contributed by atoms with Gasteiger partial charge in [0.05, 0.1) is 18.2 Å². The Morgan fingerprint density at radius 3 is 2.24 bits per heavy atom. The molecule has 1 amide bonds. The number of amides is 1. The minimum Gasteiger partial charge on any atom is -0.508 e. The Labute approximate surface area is 201 Å². The zero-order chi connectivity index (χ0) is 24.7. The number of hydrogen-bond donors (Lipinski definition) is 2. The molecule has 0 saturated carbocycles. The minimum atomic E-state index is -0.739. The lowest BCUT2D eigenvalue weighted by molar-refractivity contribution is -0.140. The van der Waals surface area contributed by atoms with Crippen molar-refractivity contribution in [2.75, 3.05) is 32.8 Å². The summed E-state index contributed by atoms with van der Waals surface area (Å²) in [7, 11) is 0. The summed E-state index contributed by atoms with van der Waals surface area (Å²) in [6.45, 7) is 9.41. The van der Waals surface area contributed by atoms with Gasteiger partial charge in [-0.15, -0.1) is 0 Å². The molecule has 1 heterocycles. The van der Waals surface area contributed by atoms with Gasteiger partial charge in [0.2, 0.25) is 0 Å². The van der Waals surface area contributed by atoms with Crippen molar-refractivity contribution in [3.63, 3.8) is 0 Å². The molecule has 7 heteroatoms. The van der Waals surface area contributed by atoms with Crippen LogP contribution in [-0.4, -0.2) is 64.5 Å². The third-order valence-electron chi connectivity index (χ3n) is 6.19. The lowest BCUT2D eigenvalue weighted by Gasteiger charge is -2.28. The molecule has 182 valence electrons. The normalized spacial score (nSPS) is 17.5. The van der Waals surface area contributed by atoms with Crippen LogP contribution in [0.5, 0.6) is 11.5 Å². The van der Waals surface area contributed by atoms with E-state index in [0.29, 0.717) is 36.6 Å². The monoisotopic (exact) mass is 466 g/mol. The van der Waals surface area contributed by atoms with Crippen molar-refractivity contribution in [3.8, 4) is 11.5 Å². The van der Waals surface area contributed by atoms with Crippen molar-refractivity contribution in [2.45, 2.75) is 39.7 Å². The average molecular weight is 467 g/mol. The number of nitrogens with zero attached hydrogens (tertiary/aromatic N) is 2. The molecule has 1 atom stereocenters. The maximum Gasteiger partial charge on any atom is 0.295 e. The van der Waals surface area contributed by atoms with E-state index in [0.717, 1.165) is 25.9 Å². The van der Waals surface area contributed by atoms with Gasteiger partial charge < -0.3 is 24.7 Å². The van der Waals surface area contributed by atoms with Crippen molar-refractivity contribution >= 4 is 17.4 Å². The molecule has 3 rings (SSSR count). The Balaban J connectivity index is 1.98. The fourth-order valence-electron chi connectivity index (χ4n) is 4.10. The van der Waals surface area contributed by atoms with Crippen molar-refractivity contribution < 1.29 is 24.5 Å². The van der Waals surface area contributed by atoms with Crippen molar-refractivity contribution in [1.29, 1.82) is 0 Å². The molecule has 7 nitrogen and oxygen atoms in total. The number of likely N-dealkylation sites (N-methyl/N-ethyl adjacent to an activating group) is 1. The molecule has 2 aromatic carbocycles. The van der Waals surface area contributed by atoms with E-state index in [1.807, 2.05) is 13.8 Å². The van der Waals surface area contributed by atoms with Gasteiger partial charge in [-0.25, -0.2) is 0 Å². The highest BCUT2D eigenvalue weighted by atomic mass is 16.5. The molecular formula is C27H34N2O5. The average Bonchev–Trinajstić information content (AvgIpc) is 3.10. The highest BCUT2D eigenvalue weighted by Gasteiger charge is 2.45. The number of phenols is 1. The van der Waals surface area contributed by atoms with Gasteiger partial charge in [0.1, 0.15) is 17.3 Å². The number of ketones is 1. The lowest BCUT2D eigenvalue weighted by Crippen LogP contribution is -2.38. The van der Waals surface area contributed by atoms with Crippen LogP contribution in [0.15, 0.2) is 54.1 Å². The van der Waals surface area contributed by atoms with Crippen LogP contribution in [0.2, 0.25) is 0 Å².